The molecule has 0 aliphatic rings. The summed E-state index contributed by atoms with van der Waals surface area (Å²) in [7, 11) is 1.75. The number of nitrogens with zero attached hydrogens (tertiary/aromatic N) is 2. The highest BCUT2D eigenvalue weighted by atomic mass is 127. The molecule has 0 fully saturated rings. The first-order valence-corrected chi connectivity index (χ1v) is 7.16. The van der Waals surface area contributed by atoms with Crippen molar-refractivity contribution in [1.82, 2.24) is 15.6 Å². The van der Waals surface area contributed by atoms with E-state index in [1.54, 1.807) is 13.2 Å². The van der Waals surface area contributed by atoms with Crippen molar-refractivity contribution in [2.45, 2.75) is 20.0 Å². The van der Waals surface area contributed by atoms with Crippen LogP contribution in [0, 0.1) is 6.92 Å². The van der Waals surface area contributed by atoms with Crippen LogP contribution in [0.5, 0.6) is 0 Å². The lowest BCUT2D eigenvalue weighted by molar-refractivity contribution is 0.790. The summed E-state index contributed by atoms with van der Waals surface area (Å²) in [6.07, 6.45) is 1.80. The summed E-state index contributed by atoms with van der Waals surface area (Å²) in [6.45, 7) is 3.39. The molecule has 0 aliphatic heterocycles. The second kappa shape index (κ2) is 9.63. The maximum Gasteiger partial charge on any atom is 0.191 e. The normalized spacial score (nSPS) is 10.8. The van der Waals surface area contributed by atoms with E-state index in [9.17, 15) is 0 Å². The number of pyridine rings is 1. The number of halogens is 2. The predicted octanol–water partition coefficient (Wildman–Crippen LogP) is 3.53. The first-order valence-electron chi connectivity index (χ1n) is 6.78. The molecule has 2 N–H and O–H groups in total. The molecule has 0 amide bonds. The summed E-state index contributed by atoms with van der Waals surface area (Å²) < 4.78 is 0. The second-order valence-corrected chi connectivity index (χ2v) is 5.11. The molecule has 118 valence electrons. The van der Waals surface area contributed by atoms with Crippen LogP contribution in [0.1, 0.15) is 16.8 Å². The van der Waals surface area contributed by atoms with Gasteiger partial charge < -0.3 is 10.6 Å². The Bertz CT molecular complexity index is 614. The lowest BCUT2D eigenvalue weighted by atomic mass is 10.2. The Balaban J connectivity index is 0.00000242. The van der Waals surface area contributed by atoms with Crippen molar-refractivity contribution in [2.75, 3.05) is 7.05 Å². The Morgan fingerprint density at radius 3 is 2.45 bits per heavy atom. The molecule has 1 aromatic carbocycles. The average Bonchev–Trinajstić information content (AvgIpc) is 2.51. The van der Waals surface area contributed by atoms with E-state index in [4.69, 9.17) is 11.6 Å². The zero-order valence-electron chi connectivity index (χ0n) is 12.6. The van der Waals surface area contributed by atoms with Crippen LogP contribution in [0.2, 0.25) is 5.02 Å². The summed E-state index contributed by atoms with van der Waals surface area (Å²) in [5.74, 6) is 0.745. The summed E-state index contributed by atoms with van der Waals surface area (Å²) in [5.41, 5.74) is 3.33. The standard InChI is InChI=1S/C16H19ClN4.HI/c1-12-4-3-9-19-15(12)11-21-16(18-2)20-10-13-5-7-14(17)8-6-13;/h3-9H,10-11H2,1-2H3,(H2,18,20,21);1H. The summed E-state index contributed by atoms with van der Waals surface area (Å²) in [6, 6.07) is 11.7. The van der Waals surface area contributed by atoms with Crippen LogP contribution in [-0.4, -0.2) is 18.0 Å². The zero-order chi connectivity index (χ0) is 15.1. The lowest BCUT2D eigenvalue weighted by Gasteiger charge is -2.12. The molecule has 0 aliphatic carbocycles. The van der Waals surface area contributed by atoms with E-state index in [0.29, 0.717) is 13.1 Å². The smallest absolute Gasteiger partial charge is 0.191 e. The monoisotopic (exact) mass is 430 g/mol. The van der Waals surface area contributed by atoms with Gasteiger partial charge in [0, 0.05) is 24.8 Å². The van der Waals surface area contributed by atoms with Gasteiger partial charge >= 0.3 is 0 Å². The van der Waals surface area contributed by atoms with Gasteiger partial charge in [-0.05, 0) is 36.2 Å². The quantitative estimate of drug-likeness (QED) is 0.443. The number of aliphatic imine (C=N–C) groups is 1. The Morgan fingerprint density at radius 1 is 1.14 bits per heavy atom. The molecular formula is C16H20ClIN4. The fraction of sp³-hybridized carbons (Fsp3) is 0.250. The molecule has 0 saturated heterocycles. The molecule has 1 aromatic heterocycles. The average molecular weight is 431 g/mol. The number of nitrogens with one attached hydrogen (secondary N) is 2. The van der Waals surface area contributed by atoms with E-state index < -0.39 is 0 Å². The Morgan fingerprint density at radius 2 is 1.82 bits per heavy atom. The molecule has 0 radical (unpaired) electrons. The van der Waals surface area contributed by atoms with E-state index in [2.05, 4.69) is 20.6 Å². The molecule has 0 unspecified atom stereocenters. The minimum atomic E-state index is 0. The van der Waals surface area contributed by atoms with Crippen LogP contribution in [-0.2, 0) is 13.1 Å². The number of guanidine groups is 1. The Labute approximate surface area is 153 Å². The van der Waals surface area contributed by atoms with Crippen LogP contribution in [0.25, 0.3) is 0 Å². The number of hydrogen-bond acceptors (Lipinski definition) is 2. The number of aromatic nitrogens is 1. The van der Waals surface area contributed by atoms with Crippen LogP contribution in [0.15, 0.2) is 47.6 Å². The van der Waals surface area contributed by atoms with Crippen molar-refractivity contribution in [1.29, 1.82) is 0 Å². The van der Waals surface area contributed by atoms with E-state index in [0.717, 1.165) is 27.8 Å². The van der Waals surface area contributed by atoms with Gasteiger partial charge in [0.05, 0.1) is 12.2 Å². The minimum Gasteiger partial charge on any atom is -0.352 e. The fourth-order valence-electron chi connectivity index (χ4n) is 1.88. The van der Waals surface area contributed by atoms with E-state index in [-0.39, 0.29) is 24.0 Å². The molecule has 0 saturated carbocycles. The first-order chi connectivity index (χ1) is 10.2. The molecule has 1 heterocycles. The maximum atomic E-state index is 5.87. The Hall–Kier alpha value is -1.34. The molecular weight excluding hydrogens is 411 g/mol. The number of rotatable bonds is 4. The minimum absolute atomic E-state index is 0. The van der Waals surface area contributed by atoms with E-state index >= 15 is 0 Å². The van der Waals surface area contributed by atoms with Crippen molar-refractivity contribution in [3.05, 3.63) is 64.4 Å². The molecule has 0 spiro atoms. The van der Waals surface area contributed by atoms with Gasteiger partial charge in [0.2, 0.25) is 0 Å². The van der Waals surface area contributed by atoms with Gasteiger partial charge in [-0.15, -0.1) is 24.0 Å². The first kappa shape index (κ1) is 18.7. The topological polar surface area (TPSA) is 49.3 Å². The van der Waals surface area contributed by atoms with Gasteiger partial charge in [0.25, 0.3) is 0 Å². The van der Waals surface area contributed by atoms with Crippen molar-refractivity contribution < 1.29 is 0 Å². The number of benzene rings is 1. The van der Waals surface area contributed by atoms with Gasteiger partial charge in [0.1, 0.15) is 0 Å². The van der Waals surface area contributed by atoms with Gasteiger partial charge in [-0.3, -0.25) is 9.98 Å². The van der Waals surface area contributed by atoms with Gasteiger partial charge in [-0.2, -0.15) is 0 Å². The van der Waals surface area contributed by atoms with Crippen LogP contribution >= 0.6 is 35.6 Å². The van der Waals surface area contributed by atoms with E-state index in [1.807, 2.05) is 43.3 Å². The number of aryl methyl sites for hydroxylation is 1. The second-order valence-electron chi connectivity index (χ2n) is 4.67. The van der Waals surface area contributed by atoms with Crippen LogP contribution in [0.3, 0.4) is 0 Å². The summed E-state index contributed by atoms with van der Waals surface area (Å²) >= 11 is 5.87. The van der Waals surface area contributed by atoms with Crippen molar-refractivity contribution in [2.24, 2.45) is 4.99 Å². The molecule has 0 atom stereocenters. The molecule has 22 heavy (non-hydrogen) atoms. The largest absolute Gasteiger partial charge is 0.352 e. The van der Waals surface area contributed by atoms with Gasteiger partial charge in [-0.25, -0.2) is 0 Å². The molecule has 0 bridgehead atoms. The van der Waals surface area contributed by atoms with E-state index in [1.165, 1.54) is 0 Å². The zero-order valence-corrected chi connectivity index (χ0v) is 15.7. The Kier molecular flexibility index (Phi) is 8.19. The van der Waals surface area contributed by atoms with Gasteiger partial charge in [-0.1, -0.05) is 29.8 Å². The number of hydrogen-bond donors (Lipinski definition) is 2. The molecule has 4 nitrogen and oxygen atoms in total. The molecule has 2 rings (SSSR count). The molecule has 6 heteroatoms. The van der Waals surface area contributed by atoms with Crippen LogP contribution < -0.4 is 10.6 Å². The van der Waals surface area contributed by atoms with Gasteiger partial charge in [0.15, 0.2) is 5.96 Å². The van der Waals surface area contributed by atoms with Crippen LogP contribution in [0.4, 0.5) is 0 Å². The summed E-state index contributed by atoms with van der Waals surface area (Å²) in [4.78, 5) is 8.56. The third-order valence-electron chi connectivity index (χ3n) is 3.14. The third-order valence-corrected chi connectivity index (χ3v) is 3.39. The summed E-state index contributed by atoms with van der Waals surface area (Å²) in [5, 5.41) is 7.26. The van der Waals surface area contributed by atoms with Crippen molar-refractivity contribution in [3.8, 4) is 0 Å². The lowest BCUT2D eigenvalue weighted by Crippen LogP contribution is -2.36. The maximum absolute atomic E-state index is 5.87. The highest BCUT2D eigenvalue weighted by Crippen LogP contribution is 2.09. The molecule has 2 aromatic rings. The SMILES string of the molecule is CN=C(NCc1ccc(Cl)cc1)NCc1ncccc1C.I. The predicted molar refractivity (Wildman–Crippen MR) is 103 cm³/mol. The van der Waals surface area contributed by atoms with Crippen molar-refractivity contribution >= 4 is 41.5 Å². The highest BCUT2D eigenvalue weighted by Gasteiger charge is 2.02. The fourth-order valence-corrected chi connectivity index (χ4v) is 2.01. The highest BCUT2D eigenvalue weighted by molar-refractivity contribution is 14.0. The van der Waals surface area contributed by atoms with Crippen molar-refractivity contribution in [3.63, 3.8) is 0 Å². The third kappa shape index (κ3) is 5.81.